The van der Waals surface area contributed by atoms with E-state index in [-0.39, 0.29) is 5.78 Å². The van der Waals surface area contributed by atoms with E-state index in [4.69, 9.17) is 18.9 Å². The van der Waals surface area contributed by atoms with Crippen LogP contribution in [0.3, 0.4) is 0 Å². The summed E-state index contributed by atoms with van der Waals surface area (Å²) in [5, 5.41) is 0. The standard InChI is InChI=1S/C18H22O5/c1-11(2)9-13-15(19)16-14(22-18(13)20-3)10-21-17(23-16)12-7-5-4-6-8-12/h4-8,13-14,16-18H,1,9-10H2,2-3H3/t13-,14+,16+,17+,18-/m0/s1. The van der Waals surface area contributed by atoms with Gasteiger partial charge < -0.3 is 18.9 Å². The van der Waals surface area contributed by atoms with E-state index in [9.17, 15) is 4.79 Å². The molecule has 5 heteroatoms. The van der Waals surface area contributed by atoms with Crippen LogP contribution in [-0.4, -0.2) is 38.0 Å². The predicted molar refractivity (Wildman–Crippen MR) is 83.6 cm³/mol. The molecular weight excluding hydrogens is 296 g/mol. The highest BCUT2D eigenvalue weighted by Crippen LogP contribution is 2.36. The fraction of sp³-hybridized carbons (Fsp3) is 0.500. The largest absolute Gasteiger partial charge is 0.355 e. The molecule has 2 aliphatic rings. The lowest BCUT2D eigenvalue weighted by Gasteiger charge is -2.43. The van der Waals surface area contributed by atoms with E-state index in [0.29, 0.717) is 13.0 Å². The van der Waals surface area contributed by atoms with Gasteiger partial charge in [0.25, 0.3) is 0 Å². The first-order valence-electron chi connectivity index (χ1n) is 7.78. The van der Waals surface area contributed by atoms with E-state index in [1.54, 1.807) is 7.11 Å². The van der Waals surface area contributed by atoms with E-state index in [2.05, 4.69) is 6.58 Å². The van der Waals surface area contributed by atoms with Gasteiger partial charge in [-0.05, 0) is 13.3 Å². The molecule has 0 radical (unpaired) electrons. The van der Waals surface area contributed by atoms with Crippen molar-refractivity contribution in [2.75, 3.05) is 13.7 Å². The van der Waals surface area contributed by atoms with Crippen molar-refractivity contribution in [1.82, 2.24) is 0 Å². The number of ketones is 1. The summed E-state index contributed by atoms with van der Waals surface area (Å²) >= 11 is 0. The maximum Gasteiger partial charge on any atom is 0.184 e. The number of allylic oxidation sites excluding steroid dienone is 1. The first-order valence-corrected chi connectivity index (χ1v) is 7.78. The molecule has 5 atom stereocenters. The molecule has 2 saturated heterocycles. The fourth-order valence-electron chi connectivity index (χ4n) is 3.08. The summed E-state index contributed by atoms with van der Waals surface area (Å²) in [4.78, 5) is 12.9. The lowest BCUT2D eigenvalue weighted by Crippen LogP contribution is -2.57. The van der Waals surface area contributed by atoms with Crippen molar-refractivity contribution in [1.29, 1.82) is 0 Å². The van der Waals surface area contributed by atoms with Crippen LogP contribution in [0, 0.1) is 5.92 Å². The summed E-state index contributed by atoms with van der Waals surface area (Å²) in [6.45, 7) is 6.08. The van der Waals surface area contributed by atoms with Crippen molar-refractivity contribution >= 4 is 5.78 Å². The molecule has 0 spiro atoms. The van der Waals surface area contributed by atoms with Crippen molar-refractivity contribution < 1.29 is 23.7 Å². The average Bonchev–Trinajstić information content (AvgIpc) is 2.57. The number of methoxy groups -OCH3 is 1. The molecule has 5 nitrogen and oxygen atoms in total. The molecule has 1 aromatic carbocycles. The highest BCUT2D eigenvalue weighted by molar-refractivity contribution is 5.87. The second-order valence-electron chi connectivity index (χ2n) is 6.08. The molecule has 0 N–H and O–H groups in total. The Labute approximate surface area is 136 Å². The lowest BCUT2D eigenvalue weighted by atomic mass is 9.87. The number of rotatable bonds is 4. The highest BCUT2D eigenvalue weighted by Gasteiger charge is 2.49. The summed E-state index contributed by atoms with van der Waals surface area (Å²) in [6.07, 6.45) is -1.67. The molecule has 2 fully saturated rings. The molecule has 23 heavy (non-hydrogen) atoms. The minimum absolute atomic E-state index is 0.000307. The highest BCUT2D eigenvalue weighted by atomic mass is 16.7. The zero-order chi connectivity index (χ0) is 16.4. The molecule has 1 aromatic rings. The van der Waals surface area contributed by atoms with Crippen LogP contribution >= 0.6 is 0 Å². The third-order valence-electron chi connectivity index (χ3n) is 4.18. The third-order valence-corrected chi connectivity index (χ3v) is 4.18. The van der Waals surface area contributed by atoms with Gasteiger partial charge in [-0.25, -0.2) is 0 Å². The summed E-state index contributed by atoms with van der Waals surface area (Å²) in [5.41, 5.74) is 1.81. The number of fused-ring (bicyclic) bond motifs is 1. The topological polar surface area (TPSA) is 54.0 Å². The van der Waals surface area contributed by atoms with Crippen molar-refractivity contribution in [2.24, 2.45) is 5.92 Å². The van der Waals surface area contributed by atoms with Crippen molar-refractivity contribution in [2.45, 2.75) is 38.1 Å². The molecule has 124 valence electrons. The molecule has 0 amide bonds. The van der Waals surface area contributed by atoms with Crippen LogP contribution < -0.4 is 0 Å². The van der Waals surface area contributed by atoms with Gasteiger partial charge in [0.1, 0.15) is 12.2 Å². The minimum atomic E-state index is -0.635. The Balaban J connectivity index is 1.77. The van der Waals surface area contributed by atoms with E-state index < -0.39 is 30.7 Å². The molecule has 0 aliphatic carbocycles. The van der Waals surface area contributed by atoms with Crippen LogP contribution in [0.5, 0.6) is 0 Å². The zero-order valence-corrected chi connectivity index (χ0v) is 13.4. The van der Waals surface area contributed by atoms with Crippen LogP contribution in [0.2, 0.25) is 0 Å². The molecule has 2 heterocycles. The average molecular weight is 318 g/mol. The minimum Gasteiger partial charge on any atom is -0.355 e. The van der Waals surface area contributed by atoms with E-state index in [1.807, 2.05) is 37.3 Å². The van der Waals surface area contributed by atoms with E-state index in [0.717, 1.165) is 11.1 Å². The molecule has 0 saturated carbocycles. The molecular formula is C18H22O5. The van der Waals surface area contributed by atoms with Gasteiger partial charge in [-0.2, -0.15) is 0 Å². The Morgan fingerprint density at radius 1 is 1.30 bits per heavy atom. The van der Waals surface area contributed by atoms with Crippen LogP contribution in [0.4, 0.5) is 0 Å². The molecule has 2 aliphatic heterocycles. The Bertz CT molecular complexity index is 570. The molecule has 0 aromatic heterocycles. The Hall–Kier alpha value is -1.53. The lowest BCUT2D eigenvalue weighted by molar-refractivity contribution is -0.308. The first kappa shape index (κ1) is 16.3. The maximum absolute atomic E-state index is 12.9. The Kier molecular flexibility index (Phi) is 4.92. The summed E-state index contributed by atoms with van der Waals surface area (Å²) in [6, 6.07) is 9.59. The van der Waals surface area contributed by atoms with Crippen LogP contribution in [0.25, 0.3) is 0 Å². The van der Waals surface area contributed by atoms with Gasteiger partial charge in [0, 0.05) is 12.7 Å². The summed E-state index contributed by atoms with van der Waals surface area (Å²) in [7, 11) is 1.54. The van der Waals surface area contributed by atoms with Crippen molar-refractivity contribution in [3.05, 3.63) is 48.0 Å². The van der Waals surface area contributed by atoms with E-state index in [1.165, 1.54) is 0 Å². The van der Waals surface area contributed by atoms with Gasteiger partial charge in [0.05, 0.1) is 12.5 Å². The molecule has 3 rings (SSSR count). The number of carbonyl (C=O) groups excluding carboxylic acids is 1. The zero-order valence-electron chi connectivity index (χ0n) is 13.4. The van der Waals surface area contributed by atoms with Crippen LogP contribution in [-0.2, 0) is 23.7 Å². The monoisotopic (exact) mass is 318 g/mol. The second-order valence-corrected chi connectivity index (χ2v) is 6.08. The first-order chi connectivity index (χ1) is 11.1. The SMILES string of the molecule is C=C(C)C[C@H]1C(=O)[C@@H]2O[C@H](c3ccccc3)OC[C@H]2O[C@@H]1OC. The normalized spacial score (nSPS) is 34.0. The van der Waals surface area contributed by atoms with Gasteiger partial charge in [0.2, 0.25) is 0 Å². The predicted octanol–water partition coefficient (Wildman–Crippen LogP) is 2.62. The number of carbonyl (C=O) groups is 1. The number of hydrogen-bond donors (Lipinski definition) is 0. The van der Waals surface area contributed by atoms with Gasteiger partial charge in [0.15, 0.2) is 18.4 Å². The fourth-order valence-corrected chi connectivity index (χ4v) is 3.08. The van der Waals surface area contributed by atoms with Gasteiger partial charge in [-0.1, -0.05) is 35.9 Å². The number of ether oxygens (including phenoxy) is 4. The smallest absolute Gasteiger partial charge is 0.184 e. The van der Waals surface area contributed by atoms with Gasteiger partial charge >= 0.3 is 0 Å². The maximum atomic E-state index is 12.9. The Morgan fingerprint density at radius 3 is 2.70 bits per heavy atom. The Morgan fingerprint density at radius 2 is 2.04 bits per heavy atom. The number of Topliss-reactive ketones (excluding diaryl/α,β-unsaturated/α-hetero) is 1. The number of benzene rings is 1. The van der Waals surface area contributed by atoms with Gasteiger partial charge in [-0.15, -0.1) is 6.58 Å². The quantitative estimate of drug-likeness (QED) is 0.799. The van der Waals surface area contributed by atoms with E-state index >= 15 is 0 Å². The van der Waals surface area contributed by atoms with Crippen molar-refractivity contribution in [3.63, 3.8) is 0 Å². The van der Waals surface area contributed by atoms with Crippen LogP contribution in [0.15, 0.2) is 42.5 Å². The van der Waals surface area contributed by atoms with Crippen LogP contribution in [0.1, 0.15) is 25.2 Å². The van der Waals surface area contributed by atoms with Gasteiger partial charge in [-0.3, -0.25) is 4.79 Å². The van der Waals surface area contributed by atoms with Crippen molar-refractivity contribution in [3.8, 4) is 0 Å². The molecule has 0 unspecified atom stereocenters. The number of hydrogen-bond acceptors (Lipinski definition) is 5. The molecule has 0 bridgehead atoms. The summed E-state index contributed by atoms with van der Waals surface area (Å²) < 4.78 is 22.8. The second kappa shape index (κ2) is 6.93. The third kappa shape index (κ3) is 3.38. The summed E-state index contributed by atoms with van der Waals surface area (Å²) in [5.74, 6) is -0.395.